The molecule has 0 aromatic rings. The highest BCUT2D eigenvalue weighted by atomic mass is 32.2. The van der Waals surface area contributed by atoms with Crippen LogP contribution in [0.5, 0.6) is 0 Å². The Morgan fingerprint density at radius 3 is 2.45 bits per heavy atom. The van der Waals surface area contributed by atoms with Crippen molar-refractivity contribution in [2.75, 3.05) is 39.5 Å². The van der Waals surface area contributed by atoms with Crippen LogP contribution < -0.4 is 10.6 Å². The van der Waals surface area contributed by atoms with E-state index in [2.05, 4.69) is 40.6 Å². The third-order valence-electron chi connectivity index (χ3n) is 4.31. The van der Waals surface area contributed by atoms with Crippen LogP contribution in [0.4, 0.5) is 0 Å². The molecule has 0 bridgehead atoms. The van der Waals surface area contributed by atoms with E-state index in [-0.39, 0.29) is 0 Å². The van der Waals surface area contributed by atoms with Crippen molar-refractivity contribution in [3.05, 3.63) is 0 Å². The topological polar surface area (TPSA) is 39.7 Å². The van der Waals surface area contributed by atoms with E-state index in [1.54, 1.807) is 0 Å². The minimum absolute atomic E-state index is 0.598. The first-order chi connectivity index (χ1) is 10.7. The van der Waals surface area contributed by atoms with Crippen molar-refractivity contribution < 1.29 is 0 Å². The Balaban J connectivity index is 2.18. The van der Waals surface area contributed by atoms with E-state index in [9.17, 15) is 0 Å². The van der Waals surface area contributed by atoms with Crippen molar-refractivity contribution in [1.29, 1.82) is 0 Å². The summed E-state index contributed by atoms with van der Waals surface area (Å²) in [5.41, 5.74) is 0. The van der Waals surface area contributed by atoms with Crippen molar-refractivity contribution in [2.24, 2.45) is 4.99 Å². The van der Waals surface area contributed by atoms with E-state index in [0.717, 1.165) is 17.8 Å². The quantitative estimate of drug-likeness (QED) is 0.367. The molecular weight excluding hydrogens is 292 g/mol. The van der Waals surface area contributed by atoms with Gasteiger partial charge in [-0.2, -0.15) is 11.8 Å². The second-order valence-corrected chi connectivity index (χ2v) is 7.34. The van der Waals surface area contributed by atoms with E-state index in [0.29, 0.717) is 6.04 Å². The average Bonchev–Trinajstić information content (AvgIpc) is 2.98. The van der Waals surface area contributed by atoms with E-state index in [1.165, 1.54) is 58.2 Å². The van der Waals surface area contributed by atoms with E-state index < -0.39 is 0 Å². The highest BCUT2D eigenvalue weighted by molar-refractivity contribution is 7.99. The molecule has 0 aromatic carbocycles. The fourth-order valence-electron chi connectivity index (χ4n) is 3.15. The van der Waals surface area contributed by atoms with E-state index in [4.69, 9.17) is 0 Å². The van der Waals surface area contributed by atoms with Crippen LogP contribution in [0.1, 0.15) is 52.4 Å². The average molecular weight is 329 g/mol. The van der Waals surface area contributed by atoms with Crippen molar-refractivity contribution in [3.63, 3.8) is 0 Å². The zero-order chi connectivity index (χ0) is 16.2. The van der Waals surface area contributed by atoms with Gasteiger partial charge >= 0.3 is 0 Å². The van der Waals surface area contributed by atoms with Crippen molar-refractivity contribution in [3.8, 4) is 0 Å². The largest absolute Gasteiger partial charge is 0.356 e. The summed E-state index contributed by atoms with van der Waals surface area (Å²) >= 11 is 2.00. The van der Waals surface area contributed by atoms with Gasteiger partial charge in [-0.15, -0.1) is 0 Å². The van der Waals surface area contributed by atoms with Gasteiger partial charge in [0.25, 0.3) is 0 Å². The van der Waals surface area contributed by atoms with Crippen LogP contribution >= 0.6 is 11.8 Å². The normalized spacial score (nSPS) is 22.3. The van der Waals surface area contributed by atoms with Crippen LogP contribution in [0.25, 0.3) is 0 Å². The molecule has 0 radical (unpaired) electrons. The molecule has 0 aliphatic heterocycles. The molecule has 1 aliphatic carbocycles. The molecule has 0 spiro atoms. The molecule has 0 amide bonds. The highest BCUT2D eigenvalue weighted by Gasteiger charge is 2.24. The van der Waals surface area contributed by atoms with Gasteiger partial charge < -0.3 is 15.5 Å². The molecule has 1 rings (SSSR count). The molecule has 0 heterocycles. The fourth-order valence-corrected chi connectivity index (χ4v) is 3.95. The smallest absolute Gasteiger partial charge is 0.191 e. The second kappa shape index (κ2) is 12.1. The molecule has 1 fully saturated rings. The van der Waals surface area contributed by atoms with Crippen LogP contribution in [0, 0.1) is 0 Å². The first-order valence-corrected chi connectivity index (χ1v) is 10.2. The molecule has 2 atom stereocenters. The summed E-state index contributed by atoms with van der Waals surface area (Å²) in [7, 11) is 1.87. The molecule has 0 saturated heterocycles. The summed E-state index contributed by atoms with van der Waals surface area (Å²) in [4.78, 5) is 6.93. The van der Waals surface area contributed by atoms with Crippen molar-refractivity contribution in [1.82, 2.24) is 15.5 Å². The van der Waals surface area contributed by atoms with Gasteiger partial charge in [0.2, 0.25) is 0 Å². The Bertz CT molecular complexity index is 303. The molecular formula is C17H36N4S. The highest BCUT2D eigenvalue weighted by Crippen LogP contribution is 2.27. The lowest BCUT2D eigenvalue weighted by Crippen LogP contribution is -2.43. The van der Waals surface area contributed by atoms with Gasteiger partial charge in [0.15, 0.2) is 5.96 Å². The van der Waals surface area contributed by atoms with Gasteiger partial charge in [0, 0.05) is 24.9 Å². The summed E-state index contributed by atoms with van der Waals surface area (Å²) in [6.07, 6.45) is 9.76. The van der Waals surface area contributed by atoms with Gasteiger partial charge in [0.1, 0.15) is 0 Å². The summed E-state index contributed by atoms with van der Waals surface area (Å²) in [6, 6.07) is 0.598. The molecule has 1 saturated carbocycles. The Labute approximate surface area is 141 Å². The van der Waals surface area contributed by atoms with Crippen molar-refractivity contribution in [2.45, 2.75) is 63.7 Å². The first-order valence-electron chi connectivity index (χ1n) is 8.95. The Kier molecular flexibility index (Phi) is 10.8. The number of nitrogens with one attached hydrogen (secondary N) is 2. The van der Waals surface area contributed by atoms with Gasteiger partial charge in [-0.3, -0.25) is 4.99 Å². The zero-order valence-electron chi connectivity index (χ0n) is 15.0. The van der Waals surface area contributed by atoms with Crippen LogP contribution in [0.15, 0.2) is 4.99 Å². The molecule has 1 aliphatic rings. The summed E-state index contributed by atoms with van der Waals surface area (Å²) in [6.45, 7) is 9.15. The molecule has 22 heavy (non-hydrogen) atoms. The Morgan fingerprint density at radius 1 is 1.18 bits per heavy atom. The number of hydrogen-bond donors (Lipinski definition) is 2. The van der Waals surface area contributed by atoms with Crippen LogP contribution in [0.3, 0.4) is 0 Å². The van der Waals surface area contributed by atoms with Crippen molar-refractivity contribution >= 4 is 17.7 Å². The Morgan fingerprint density at radius 2 is 1.91 bits per heavy atom. The Hall–Kier alpha value is -0.420. The van der Waals surface area contributed by atoms with Gasteiger partial charge in [-0.05, 0) is 64.4 Å². The van der Waals surface area contributed by atoms with Gasteiger partial charge in [-0.1, -0.05) is 13.8 Å². The lowest BCUT2D eigenvalue weighted by molar-refractivity contribution is 0.271. The zero-order valence-corrected chi connectivity index (χ0v) is 15.8. The SMILES string of the molecule is CCCN(CCC)CCCNC(=NC)NC1CCC(SC)C1. The lowest BCUT2D eigenvalue weighted by atomic mass is 10.2. The number of rotatable bonds is 10. The second-order valence-electron chi connectivity index (χ2n) is 6.21. The maximum absolute atomic E-state index is 4.37. The van der Waals surface area contributed by atoms with Gasteiger partial charge in [0.05, 0.1) is 0 Å². The summed E-state index contributed by atoms with van der Waals surface area (Å²) in [5, 5.41) is 7.88. The third-order valence-corrected chi connectivity index (χ3v) is 5.40. The van der Waals surface area contributed by atoms with Crippen LogP contribution in [-0.2, 0) is 0 Å². The molecule has 2 N–H and O–H groups in total. The number of nitrogens with zero attached hydrogens (tertiary/aromatic N) is 2. The maximum Gasteiger partial charge on any atom is 0.191 e. The van der Waals surface area contributed by atoms with Crippen LogP contribution in [0.2, 0.25) is 0 Å². The lowest BCUT2D eigenvalue weighted by Gasteiger charge is -2.21. The predicted molar refractivity (Wildman–Crippen MR) is 101 cm³/mol. The molecule has 2 unspecified atom stereocenters. The van der Waals surface area contributed by atoms with Gasteiger partial charge in [-0.25, -0.2) is 0 Å². The molecule has 5 heteroatoms. The molecule has 130 valence electrons. The number of guanidine groups is 1. The minimum atomic E-state index is 0.598. The monoisotopic (exact) mass is 328 g/mol. The van der Waals surface area contributed by atoms with E-state index >= 15 is 0 Å². The third kappa shape index (κ3) is 7.73. The molecule has 0 aromatic heterocycles. The minimum Gasteiger partial charge on any atom is -0.356 e. The fraction of sp³-hybridized carbons (Fsp3) is 0.941. The molecule has 4 nitrogen and oxygen atoms in total. The van der Waals surface area contributed by atoms with Crippen LogP contribution in [-0.4, -0.2) is 61.6 Å². The number of thioether (sulfide) groups is 1. The first kappa shape index (κ1) is 19.6. The summed E-state index contributed by atoms with van der Waals surface area (Å²) < 4.78 is 0. The van der Waals surface area contributed by atoms with E-state index in [1.807, 2.05) is 18.8 Å². The maximum atomic E-state index is 4.37. The number of aliphatic imine (C=N–C) groups is 1. The standard InChI is InChI=1S/C17H36N4S/c1-5-11-21(12-6-2)13-7-10-19-17(18-3)20-15-8-9-16(14-15)22-4/h15-16H,5-14H2,1-4H3,(H2,18,19,20). The number of hydrogen-bond acceptors (Lipinski definition) is 3. The predicted octanol–water partition coefficient (Wildman–Crippen LogP) is 2.95. The summed E-state index contributed by atoms with van der Waals surface area (Å²) in [5.74, 6) is 0.976.